The highest BCUT2D eigenvalue weighted by atomic mass is 35.5. The normalized spacial score (nSPS) is 12.4. The number of sulfonamides is 1. The van der Waals surface area contributed by atoms with Gasteiger partial charge in [0.15, 0.2) is 0 Å². The molecule has 0 aliphatic rings. The molecule has 5 N–H and O–H groups in total. The number of rotatable bonds is 6. The van der Waals surface area contributed by atoms with Gasteiger partial charge in [-0.1, -0.05) is 17.7 Å². The predicted molar refractivity (Wildman–Crippen MR) is 77.5 cm³/mol. The van der Waals surface area contributed by atoms with Crippen LogP contribution in [-0.2, 0) is 21.4 Å². The summed E-state index contributed by atoms with van der Waals surface area (Å²) < 4.78 is 26.6. The highest BCUT2D eigenvalue weighted by Gasteiger charge is 2.28. The first-order chi connectivity index (χ1) is 9.10. The average molecular weight is 320 g/mol. The van der Waals surface area contributed by atoms with Crippen LogP contribution in [-0.4, -0.2) is 20.9 Å². The predicted octanol–water partition coefficient (Wildman–Crippen LogP) is 0.589. The number of carbonyl (C=O) groups excluding carboxylic acids is 1. The highest BCUT2D eigenvalue weighted by molar-refractivity contribution is 7.89. The number of benzene rings is 1. The quantitative estimate of drug-likeness (QED) is 0.711. The minimum Gasteiger partial charge on any atom is -0.369 e. The van der Waals surface area contributed by atoms with Gasteiger partial charge >= 0.3 is 0 Å². The zero-order valence-electron chi connectivity index (χ0n) is 11.3. The van der Waals surface area contributed by atoms with Crippen molar-refractivity contribution in [3.63, 3.8) is 0 Å². The summed E-state index contributed by atoms with van der Waals surface area (Å²) in [4.78, 5) is 11.1. The molecule has 6 nitrogen and oxygen atoms in total. The molecule has 0 saturated heterocycles. The smallest absolute Gasteiger partial charge is 0.242 e. The number of hydrogen-bond donors (Lipinski definition) is 3. The minimum absolute atomic E-state index is 0.0587. The summed E-state index contributed by atoms with van der Waals surface area (Å²) in [7, 11) is -3.81. The molecule has 0 atom stereocenters. The van der Waals surface area contributed by atoms with Gasteiger partial charge in [-0.15, -0.1) is 0 Å². The Labute approximate surface area is 123 Å². The summed E-state index contributed by atoms with van der Waals surface area (Å²) in [5.74, 6) is -0.593. The summed E-state index contributed by atoms with van der Waals surface area (Å²) in [6.07, 6.45) is 0. The second-order valence-electron chi connectivity index (χ2n) is 5.04. The molecular weight excluding hydrogens is 302 g/mol. The van der Waals surface area contributed by atoms with Gasteiger partial charge in [-0.05, 0) is 31.5 Å². The van der Waals surface area contributed by atoms with Crippen molar-refractivity contribution in [2.45, 2.75) is 25.3 Å². The summed E-state index contributed by atoms with van der Waals surface area (Å²) in [6.45, 7) is 3.26. The Balaban J connectivity index is 2.98. The third-order valence-corrected chi connectivity index (χ3v) is 4.78. The third kappa shape index (κ3) is 3.92. The van der Waals surface area contributed by atoms with Crippen LogP contribution in [0.2, 0.25) is 5.02 Å². The Morgan fingerprint density at radius 1 is 1.40 bits per heavy atom. The molecule has 0 aromatic heterocycles. The van der Waals surface area contributed by atoms with E-state index in [0.29, 0.717) is 0 Å². The second-order valence-corrected chi connectivity index (χ2v) is 7.18. The highest BCUT2D eigenvalue weighted by Crippen LogP contribution is 2.23. The van der Waals surface area contributed by atoms with Crippen LogP contribution in [0, 0.1) is 5.41 Å². The number of primary amides is 1. The van der Waals surface area contributed by atoms with Crippen LogP contribution in [0.4, 0.5) is 0 Å². The van der Waals surface area contributed by atoms with Gasteiger partial charge in [-0.3, -0.25) is 4.79 Å². The second kappa shape index (κ2) is 6.09. The third-order valence-electron chi connectivity index (χ3n) is 2.89. The van der Waals surface area contributed by atoms with Crippen LogP contribution < -0.4 is 16.2 Å². The van der Waals surface area contributed by atoms with E-state index in [-0.39, 0.29) is 23.0 Å². The lowest BCUT2D eigenvalue weighted by Crippen LogP contribution is -2.42. The van der Waals surface area contributed by atoms with E-state index in [2.05, 4.69) is 4.72 Å². The molecule has 1 aromatic rings. The van der Waals surface area contributed by atoms with Crippen molar-refractivity contribution in [1.82, 2.24) is 4.72 Å². The fraction of sp³-hybridized carbons (Fsp3) is 0.417. The molecule has 0 aliphatic heterocycles. The van der Waals surface area contributed by atoms with Crippen molar-refractivity contribution in [2.24, 2.45) is 16.9 Å². The summed E-state index contributed by atoms with van der Waals surface area (Å²) in [5, 5.41) is 0.0809. The van der Waals surface area contributed by atoms with Crippen LogP contribution in [0.25, 0.3) is 0 Å². The number of hydrogen-bond acceptors (Lipinski definition) is 4. The Kier molecular flexibility index (Phi) is 5.15. The van der Waals surface area contributed by atoms with Gasteiger partial charge in [0.2, 0.25) is 15.9 Å². The van der Waals surface area contributed by atoms with Crippen LogP contribution in [0.3, 0.4) is 0 Å². The number of halogens is 1. The van der Waals surface area contributed by atoms with Gasteiger partial charge in [0.1, 0.15) is 4.90 Å². The summed E-state index contributed by atoms with van der Waals surface area (Å²) >= 11 is 5.94. The molecule has 0 fully saturated rings. The number of nitrogens with one attached hydrogen (secondary N) is 1. The van der Waals surface area contributed by atoms with E-state index in [1.54, 1.807) is 19.9 Å². The van der Waals surface area contributed by atoms with E-state index in [1.165, 1.54) is 12.1 Å². The van der Waals surface area contributed by atoms with E-state index in [4.69, 9.17) is 23.1 Å². The van der Waals surface area contributed by atoms with Crippen LogP contribution in [0.5, 0.6) is 0 Å². The molecule has 20 heavy (non-hydrogen) atoms. The lowest BCUT2D eigenvalue weighted by Gasteiger charge is -2.21. The lowest BCUT2D eigenvalue weighted by molar-refractivity contribution is -0.125. The monoisotopic (exact) mass is 319 g/mol. The SMILES string of the molecule is CC(C)(CNS(=O)(=O)c1ccc(CN)cc1Cl)C(N)=O. The molecular formula is C12H18ClN3O3S. The Morgan fingerprint density at radius 3 is 2.45 bits per heavy atom. The van der Waals surface area contributed by atoms with Crippen molar-refractivity contribution in [3.05, 3.63) is 28.8 Å². The maximum Gasteiger partial charge on any atom is 0.242 e. The molecule has 0 spiro atoms. The first-order valence-electron chi connectivity index (χ1n) is 5.88. The van der Waals surface area contributed by atoms with E-state index in [1.807, 2.05) is 0 Å². The van der Waals surface area contributed by atoms with Gasteiger partial charge in [-0.25, -0.2) is 13.1 Å². The van der Waals surface area contributed by atoms with E-state index in [0.717, 1.165) is 5.56 Å². The molecule has 1 rings (SSSR count). The van der Waals surface area contributed by atoms with Crippen LogP contribution in [0.1, 0.15) is 19.4 Å². The standard InChI is InChI=1S/C12H18ClN3O3S/c1-12(2,11(15)17)7-16-20(18,19)10-4-3-8(6-14)5-9(10)13/h3-5,16H,6-7,14H2,1-2H3,(H2,15,17). The fourth-order valence-electron chi connectivity index (χ4n) is 1.33. The molecule has 112 valence electrons. The summed E-state index contributed by atoms with van der Waals surface area (Å²) in [6, 6.07) is 4.46. The molecule has 0 bridgehead atoms. The van der Waals surface area contributed by atoms with Gasteiger partial charge in [0.05, 0.1) is 10.4 Å². The molecule has 1 amide bonds. The lowest BCUT2D eigenvalue weighted by atomic mass is 9.93. The van der Waals surface area contributed by atoms with Gasteiger partial charge in [-0.2, -0.15) is 0 Å². The number of amides is 1. The van der Waals surface area contributed by atoms with Crippen molar-refractivity contribution >= 4 is 27.5 Å². The van der Waals surface area contributed by atoms with E-state index >= 15 is 0 Å². The van der Waals surface area contributed by atoms with Gasteiger partial charge in [0.25, 0.3) is 0 Å². The molecule has 8 heteroatoms. The van der Waals surface area contributed by atoms with E-state index in [9.17, 15) is 13.2 Å². The molecule has 0 heterocycles. The minimum atomic E-state index is -3.81. The topological polar surface area (TPSA) is 115 Å². The van der Waals surface area contributed by atoms with Gasteiger partial charge in [0, 0.05) is 13.1 Å². The number of nitrogens with two attached hydrogens (primary N) is 2. The maximum absolute atomic E-state index is 12.1. The molecule has 1 aromatic carbocycles. The Morgan fingerprint density at radius 2 is 2.00 bits per heavy atom. The Bertz CT molecular complexity index is 614. The largest absolute Gasteiger partial charge is 0.369 e. The number of carbonyl (C=O) groups is 1. The zero-order chi connectivity index (χ0) is 15.6. The van der Waals surface area contributed by atoms with Gasteiger partial charge < -0.3 is 11.5 Å². The van der Waals surface area contributed by atoms with Crippen LogP contribution >= 0.6 is 11.6 Å². The van der Waals surface area contributed by atoms with Crippen molar-refractivity contribution in [2.75, 3.05) is 6.54 Å². The molecule has 0 aliphatic carbocycles. The van der Waals surface area contributed by atoms with Crippen molar-refractivity contribution < 1.29 is 13.2 Å². The van der Waals surface area contributed by atoms with Crippen molar-refractivity contribution in [3.8, 4) is 0 Å². The zero-order valence-corrected chi connectivity index (χ0v) is 12.9. The molecule has 0 unspecified atom stereocenters. The Hall–Kier alpha value is -1.15. The first-order valence-corrected chi connectivity index (χ1v) is 7.74. The van der Waals surface area contributed by atoms with Crippen LogP contribution in [0.15, 0.2) is 23.1 Å². The van der Waals surface area contributed by atoms with E-state index < -0.39 is 21.3 Å². The maximum atomic E-state index is 12.1. The fourth-order valence-corrected chi connectivity index (χ4v) is 3.11. The molecule has 0 saturated carbocycles. The van der Waals surface area contributed by atoms with Crippen molar-refractivity contribution in [1.29, 1.82) is 0 Å². The average Bonchev–Trinajstić information content (AvgIpc) is 2.36. The summed E-state index contributed by atoms with van der Waals surface area (Å²) in [5.41, 5.74) is 10.4. The first kappa shape index (κ1) is 16.9. The molecule has 0 radical (unpaired) electrons.